The predicted octanol–water partition coefficient (Wildman–Crippen LogP) is 4.01. The molecule has 1 aromatic heterocycles. The number of amides is 1. The van der Waals surface area contributed by atoms with Gasteiger partial charge in [0, 0.05) is 10.9 Å². The molecule has 0 spiro atoms. The van der Waals surface area contributed by atoms with Crippen molar-refractivity contribution in [3.8, 4) is 0 Å². The molecule has 0 aliphatic rings. The first kappa shape index (κ1) is 18.7. The third-order valence-electron chi connectivity index (χ3n) is 4.83. The van der Waals surface area contributed by atoms with Gasteiger partial charge in [-0.3, -0.25) is 9.59 Å². The molecule has 0 saturated carbocycles. The fourth-order valence-corrected chi connectivity index (χ4v) is 3.13. The Hall–Kier alpha value is -3.08. The molecule has 0 fully saturated rings. The fourth-order valence-electron chi connectivity index (χ4n) is 3.13. The molecular weight excluding hydrogens is 342 g/mol. The van der Waals surface area contributed by atoms with E-state index in [9.17, 15) is 9.59 Å². The van der Waals surface area contributed by atoms with Gasteiger partial charge in [0.1, 0.15) is 5.58 Å². The highest BCUT2D eigenvalue weighted by Gasteiger charge is 2.20. The lowest BCUT2D eigenvalue weighted by Crippen LogP contribution is -2.31. The molecule has 1 N–H and O–H groups in total. The van der Waals surface area contributed by atoms with Gasteiger partial charge in [-0.05, 0) is 30.5 Å². The maximum atomic E-state index is 12.7. The van der Waals surface area contributed by atoms with Gasteiger partial charge in [-0.25, -0.2) is 0 Å². The van der Waals surface area contributed by atoms with E-state index < -0.39 is 6.04 Å². The number of carbonyl (C=O) groups excluding carboxylic acids is 2. The van der Waals surface area contributed by atoms with E-state index in [0.29, 0.717) is 0 Å². The first-order valence-electron chi connectivity index (χ1n) is 8.87. The molecule has 5 heteroatoms. The Morgan fingerprint density at radius 2 is 1.85 bits per heavy atom. The molecule has 0 aliphatic carbocycles. The second kappa shape index (κ2) is 8.08. The lowest BCUT2D eigenvalue weighted by Gasteiger charge is -2.18. The minimum atomic E-state index is -0.437. The summed E-state index contributed by atoms with van der Waals surface area (Å²) in [5.74, 6) is -0.544. The molecular formula is C22H23NO4. The smallest absolute Gasteiger partial charge is 0.307 e. The van der Waals surface area contributed by atoms with Crippen molar-refractivity contribution in [1.29, 1.82) is 0 Å². The van der Waals surface area contributed by atoms with Crippen LogP contribution in [0.1, 0.15) is 34.7 Å². The molecule has 5 nitrogen and oxygen atoms in total. The molecule has 1 atom stereocenters. The Labute approximate surface area is 158 Å². The van der Waals surface area contributed by atoms with Gasteiger partial charge < -0.3 is 14.5 Å². The van der Waals surface area contributed by atoms with Crippen LogP contribution in [0.5, 0.6) is 0 Å². The van der Waals surface area contributed by atoms with E-state index in [1.807, 2.05) is 56.3 Å². The molecule has 0 saturated heterocycles. The lowest BCUT2D eigenvalue weighted by atomic mass is 10.0. The first-order valence-corrected chi connectivity index (χ1v) is 8.87. The number of benzene rings is 2. The third kappa shape index (κ3) is 4.19. The molecule has 2 aromatic carbocycles. The molecule has 140 valence electrons. The summed E-state index contributed by atoms with van der Waals surface area (Å²) in [5, 5.41) is 3.89. The lowest BCUT2D eigenvalue weighted by molar-refractivity contribution is -0.141. The van der Waals surface area contributed by atoms with Crippen LogP contribution in [0, 0.1) is 13.8 Å². The Kier molecular flexibility index (Phi) is 5.60. The summed E-state index contributed by atoms with van der Waals surface area (Å²) in [7, 11) is 1.34. The number of methoxy groups -OCH3 is 1. The Morgan fingerprint density at radius 3 is 2.56 bits per heavy atom. The summed E-state index contributed by atoms with van der Waals surface area (Å²) in [6.07, 6.45) is 1.89. The molecule has 0 radical (unpaired) electrons. The Bertz CT molecular complexity index is 959. The summed E-state index contributed by atoms with van der Waals surface area (Å²) in [4.78, 5) is 24.4. The zero-order valence-corrected chi connectivity index (χ0v) is 15.7. The van der Waals surface area contributed by atoms with E-state index in [2.05, 4.69) is 5.32 Å². The molecule has 3 aromatic rings. The minimum absolute atomic E-state index is 0.0801. The van der Waals surface area contributed by atoms with E-state index in [0.717, 1.165) is 33.2 Å². The monoisotopic (exact) mass is 365 g/mol. The number of ether oxygens (including phenoxy) is 1. The number of esters is 1. The van der Waals surface area contributed by atoms with Crippen LogP contribution in [0.4, 0.5) is 0 Å². The summed E-state index contributed by atoms with van der Waals surface area (Å²) < 4.78 is 10.4. The summed E-state index contributed by atoms with van der Waals surface area (Å²) in [5.41, 5.74) is 4.73. The highest BCUT2D eigenvalue weighted by atomic mass is 16.5. The van der Waals surface area contributed by atoms with Crippen molar-refractivity contribution in [2.45, 2.75) is 32.7 Å². The van der Waals surface area contributed by atoms with Crippen molar-refractivity contribution < 1.29 is 18.7 Å². The third-order valence-corrected chi connectivity index (χ3v) is 4.83. The van der Waals surface area contributed by atoms with Crippen molar-refractivity contribution >= 4 is 22.8 Å². The van der Waals surface area contributed by atoms with Crippen molar-refractivity contribution in [2.75, 3.05) is 7.11 Å². The molecule has 1 amide bonds. The van der Waals surface area contributed by atoms with Crippen LogP contribution in [0.3, 0.4) is 0 Å². The average Bonchev–Trinajstić information content (AvgIpc) is 3.08. The number of hydrogen-bond acceptors (Lipinski definition) is 4. The van der Waals surface area contributed by atoms with Gasteiger partial charge in [-0.15, -0.1) is 0 Å². The number of nitrogens with one attached hydrogen (secondary N) is 1. The van der Waals surface area contributed by atoms with Gasteiger partial charge in [0.2, 0.25) is 5.91 Å². The minimum Gasteiger partial charge on any atom is -0.469 e. The van der Waals surface area contributed by atoms with E-state index in [-0.39, 0.29) is 24.7 Å². The standard InChI is InChI=1S/C22H23NO4/c1-14-9-10-18-17(13-27-22(18)15(14)2)11-20(24)23-19(12-21(25)26-3)16-7-5-4-6-8-16/h4-10,13,19H,11-12H2,1-3H3,(H,23,24)/t19-/m1/s1. The van der Waals surface area contributed by atoms with Gasteiger partial charge in [-0.2, -0.15) is 0 Å². The van der Waals surface area contributed by atoms with E-state index >= 15 is 0 Å². The molecule has 1 heterocycles. The number of furan rings is 1. The highest BCUT2D eigenvalue weighted by molar-refractivity contribution is 5.89. The van der Waals surface area contributed by atoms with Crippen LogP contribution in [-0.2, 0) is 20.7 Å². The highest BCUT2D eigenvalue weighted by Crippen LogP contribution is 2.27. The van der Waals surface area contributed by atoms with Crippen LogP contribution in [0.25, 0.3) is 11.0 Å². The molecule has 0 bridgehead atoms. The second-order valence-corrected chi connectivity index (χ2v) is 6.63. The van der Waals surface area contributed by atoms with E-state index in [4.69, 9.17) is 9.15 Å². The number of aryl methyl sites for hydroxylation is 2. The molecule has 3 rings (SSSR count). The second-order valence-electron chi connectivity index (χ2n) is 6.63. The van der Waals surface area contributed by atoms with Gasteiger partial charge in [0.25, 0.3) is 0 Å². The maximum absolute atomic E-state index is 12.7. The molecule has 0 unspecified atom stereocenters. The number of hydrogen-bond donors (Lipinski definition) is 1. The van der Waals surface area contributed by atoms with Crippen LogP contribution in [0.2, 0.25) is 0 Å². The van der Waals surface area contributed by atoms with Crippen LogP contribution in [0.15, 0.2) is 53.1 Å². The predicted molar refractivity (Wildman–Crippen MR) is 103 cm³/mol. The van der Waals surface area contributed by atoms with Crippen molar-refractivity contribution in [3.63, 3.8) is 0 Å². The zero-order valence-electron chi connectivity index (χ0n) is 15.7. The van der Waals surface area contributed by atoms with Crippen molar-refractivity contribution in [2.24, 2.45) is 0 Å². The Morgan fingerprint density at radius 1 is 1.11 bits per heavy atom. The van der Waals surface area contributed by atoms with E-state index in [1.165, 1.54) is 7.11 Å². The largest absolute Gasteiger partial charge is 0.469 e. The van der Waals surface area contributed by atoms with Crippen molar-refractivity contribution in [1.82, 2.24) is 5.32 Å². The van der Waals surface area contributed by atoms with E-state index in [1.54, 1.807) is 6.26 Å². The SMILES string of the molecule is COC(=O)C[C@@H](NC(=O)Cc1coc2c(C)c(C)ccc12)c1ccccc1. The van der Waals surface area contributed by atoms with Gasteiger partial charge in [0.15, 0.2) is 0 Å². The topological polar surface area (TPSA) is 68.5 Å². The summed E-state index contributed by atoms with van der Waals surface area (Å²) in [6, 6.07) is 13.0. The molecule has 27 heavy (non-hydrogen) atoms. The quantitative estimate of drug-likeness (QED) is 0.670. The summed E-state index contributed by atoms with van der Waals surface area (Å²) in [6.45, 7) is 4.04. The molecule has 0 aliphatic heterocycles. The van der Waals surface area contributed by atoms with Crippen LogP contribution >= 0.6 is 0 Å². The number of fused-ring (bicyclic) bond motifs is 1. The zero-order chi connectivity index (χ0) is 19.4. The number of carbonyl (C=O) groups is 2. The van der Waals surface area contributed by atoms with Crippen LogP contribution < -0.4 is 5.32 Å². The van der Waals surface area contributed by atoms with Crippen molar-refractivity contribution in [3.05, 3.63) is 71.0 Å². The summed E-state index contributed by atoms with van der Waals surface area (Å²) >= 11 is 0. The van der Waals surface area contributed by atoms with Gasteiger partial charge in [0.05, 0.1) is 32.3 Å². The van der Waals surface area contributed by atoms with Gasteiger partial charge in [-0.1, -0.05) is 42.5 Å². The fraction of sp³-hybridized carbons (Fsp3) is 0.273. The number of rotatable bonds is 6. The van der Waals surface area contributed by atoms with Crippen LogP contribution in [-0.4, -0.2) is 19.0 Å². The maximum Gasteiger partial charge on any atom is 0.307 e. The first-order chi connectivity index (χ1) is 13.0. The Balaban J connectivity index is 1.78. The normalized spacial score (nSPS) is 12.0. The van der Waals surface area contributed by atoms with Gasteiger partial charge >= 0.3 is 5.97 Å². The average molecular weight is 365 g/mol.